The summed E-state index contributed by atoms with van der Waals surface area (Å²) >= 11 is 0. The summed E-state index contributed by atoms with van der Waals surface area (Å²) in [6.07, 6.45) is 5.00. The van der Waals surface area contributed by atoms with E-state index in [-0.39, 0.29) is 37.9 Å². The Morgan fingerprint density at radius 1 is 0.900 bits per heavy atom. The Labute approximate surface area is 294 Å². The van der Waals surface area contributed by atoms with Gasteiger partial charge in [-0.2, -0.15) is 0 Å². The van der Waals surface area contributed by atoms with E-state index in [2.05, 4.69) is 5.32 Å². The molecule has 2 amide bonds. The number of rotatable bonds is 14. The first kappa shape index (κ1) is 39.4. The summed E-state index contributed by atoms with van der Waals surface area (Å²) in [6.45, 7) is 11.5. The highest BCUT2D eigenvalue weighted by atomic mass is 16.6. The van der Waals surface area contributed by atoms with Gasteiger partial charge in [0.1, 0.15) is 18.8 Å². The lowest BCUT2D eigenvalue weighted by Gasteiger charge is -2.33. The zero-order valence-electron chi connectivity index (χ0n) is 30.3. The van der Waals surface area contributed by atoms with Crippen molar-refractivity contribution in [3.05, 3.63) is 59.2 Å². The van der Waals surface area contributed by atoms with Gasteiger partial charge in [-0.1, -0.05) is 18.2 Å². The topological polar surface area (TPSA) is 150 Å². The van der Waals surface area contributed by atoms with E-state index in [4.69, 9.17) is 23.7 Å². The van der Waals surface area contributed by atoms with Crippen LogP contribution < -0.4 is 24.3 Å². The van der Waals surface area contributed by atoms with Gasteiger partial charge < -0.3 is 39.0 Å². The summed E-state index contributed by atoms with van der Waals surface area (Å²) in [4.78, 5) is 51.4. The maximum Gasteiger partial charge on any atom is 0.407 e. The fourth-order valence-corrected chi connectivity index (χ4v) is 5.28. The van der Waals surface area contributed by atoms with Crippen molar-refractivity contribution in [3.63, 3.8) is 0 Å². The first-order valence-electron chi connectivity index (χ1n) is 16.6. The van der Waals surface area contributed by atoms with Crippen molar-refractivity contribution in [3.8, 4) is 23.0 Å². The second kappa shape index (κ2) is 17.6. The van der Waals surface area contributed by atoms with Gasteiger partial charge in [-0.05, 0) is 114 Å². The molecule has 0 heterocycles. The monoisotopic (exact) mass is 694 g/mol. The van der Waals surface area contributed by atoms with Crippen LogP contribution in [0.2, 0.25) is 0 Å². The molecule has 12 nitrogen and oxygen atoms in total. The summed E-state index contributed by atoms with van der Waals surface area (Å²) in [5.74, 6) is 0.560. The zero-order valence-corrected chi connectivity index (χ0v) is 30.3. The Bertz CT molecular complexity index is 1580. The average Bonchev–Trinajstić information content (AvgIpc) is 3.03. The number of allylic oxidation sites excluding steroid dienone is 2. The van der Waals surface area contributed by atoms with Crippen molar-refractivity contribution in [1.29, 1.82) is 0 Å². The Hall–Kier alpha value is -5.00. The lowest BCUT2D eigenvalue weighted by molar-refractivity contribution is -0.129. The number of ether oxygens (including phenoxy) is 5. The minimum Gasteiger partial charge on any atom is -0.493 e. The van der Waals surface area contributed by atoms with E-state index in [0.717, 1.165) is 5.56 Å². The molecule has 50 heavy (non-hydrogen) atoms. The van der Waals surface area contributed by atoms with Gasteiger partial charge in [-0.3, -0.25) is 9.59 Å². The first-order valence-corrected chi connectivity index (χ1v) is 16.6. The Balaban J connectivity index is 1.61. The third-order valence-electron chi connectivity index (χ3n) is 7.71. The number of nitrogens with one attached hydrogen (secondary N) is 1. The third kappa shape index (κ3) is 11.9. The van der Waals surface area contributed by atoms with Gasteiger partial charge in [0.25, 0.3) is 0 Å². The molecule has 0 spiro atoms. The molecule has 1 saturated carbocycles. The lowest BCUT2D eigenvalue weighted by atomic mass is 9.81. The van der Waals surface area contributed by atoms with Gasteiger partial charge in [-0.15, -0.1) is 0 Å². The molecular weight excluding hydrogens is 644 g/mol. The number of carbonyl (C=O) groups excluding carboxylic acids is 3. The predicted molar refractivity (Wildman–Crippen MR) is 190 cm³/mol. The fourth-order valence-electron chi connectivity index (χ4n) is 5.28. The fraction of sp³-hybridized carbons (Fsp3) is 0.474. The van der Waals surface area contributed by atoms with Gasteiger partial charge in [0, 0.05) is 5.54 Å². The summed E-state index contributed by atoms with van der Waals surface area (Å²) in [5.41, 5.74) is 0.813. The largest absolute Gasteiger partial charge is 0.493 e. The van der Waals surface area contributed by atoms with Crippen LogP contribution in [-0.2, 0) is 14.3 Å². The summed E-state index contributed by atoms with van der Waals surface area (Å²) in [7, 11) is 3.01. The molecular formula is C38H50N2O10. The molecule has 1 aliphatic rings. The Kier molecular flexibility index (Phi) is 13.9. The number of carboxylic acid groups (broad SMARTS) is 1. The van der Waals surface area contributed by atoms with E-state index in [1.54, 1.807) is 69.3 Å². The molecule has 1 fully saturated rings. The average molecular weight is 695 g/mol. The molecule has 1 aliphatic carbocycles. The van der Waals surface area contributed by atoms with E-state index in [0.29, 0.717) is 53.4 Å². The molecule has 0 bridgehead atoms. The standard InChI is InChI=1S/C38H50N2O10/c1-37(2,3)40(36(44)45)19-21-49-31-16-13-25(23-32(31)46-7)12-15-29(41)28-11-9-10-27(34(28)42)22-26-14-17-30(33(24-26)47-8)48-20-18-39-35(43)50-38(4,5)6/h12-17,22-24,28H,9-11,18-21H2,1-8H3,(H,39,43)(H,44,45)/b15-12+,27-22+. The van der Waals surface area contributed by atoms with Crippen LogP contribution in [0, 0.1) is 5.92 Å². The van der Waals surface area contributed by atoms with E-state index >= 15 is 0 Å². The number of carbonyl (C=O) groups is 4. The number of methoxy groups -OCH3 is 2. The first-order chi connectivity index (χ1) is 23.5. The molecule has 1 atom stereocenters. The number of hydrogen-bond acceptors (Lipinski definition) is 9. The Morgan fingerprint density at radius 3 is 2.08 bits per heavy atom. The van der Waals surface area contributed by atoms with Crippen molar-refractivity contribution in [1.82, 2.24) is 10.2 Å². The highest BCUT2D eigenvalue weighted by Crippen LogP contribution is 2.33. The second-order valence-corrected chi connectivity index (χ2v) is 13.8. The number of benzene rings is 2. The maximum atomic E-state index is 13.4. The van der Waals surface area contributed by atoms with Crippen LogP contribution in [0.15, 0.2) is 48.0 Å². The molecule has 2 N–H and O–H groups in total. The molecule has 1 unspecified atom stereocenters. The van der Waals surface area contributed by atoms with Crippen molar-refractivity contribution < 1.29 is 48.0 Å². The van der Waals surface area contributed by atoms with Crippen molar-refractivity contribution >= 4 is 35.9 Å². The normalized spacial score (nSPS) is 15.8. The second-order valence-electron chi connectivity index (χ2n) is 13.8. The van der Waals surface area contributed by atoms with Crippen LogP contribution in [0.4, 0.5) is 9.59 Å². The van der Waals surface area contributed by atoms with Crippen molar-refractivity contribution in [2.24, 2.45) is 5.92 Å². The third-order valence-corrected chi connectivity index (χ3v) is 7.71. The minimum atomic E-state index is -1.03. The molecule has 3 rings (SSSR count). The van der Waals surface area contributed by atoms with Gasteiger partial charge in [0.05, 0.1) is 33.2 Å². The van der Waals surface area contributed by atoms with Crippen LogP contribution in [0.5, 0.6) is 23.0 Å². The minimum absolute atomic E-state index is 0.132. The summed E-state index contributed by atoms with van der Waals surface area (Å²) < 4.78 is 27.8. The van der Waals surface area contributed by atoms with Gasteiger partial charge in [-0.25, -0.2) is 9.59 Å². The number of hydrogen-bond donors (Lipinski definition) is 2. The van der Waals surface area contributed by atoms with Crippen LogP contribution in [0.1, 0.15) is 71.9 Å². The quantitative estimate of drug-likeness (QED) is 0.123. The summed E-state index contributed by atoms with van der Waals surface area (Å²) in [5, 5.41) is 12.1. The van der Waals surface area contributed by atoms with Gasteiger partial charge >= 0.3 is 12.2 Å². The van der Waals surface area contributed by atoms with Crippen LogP contribution in [0.25, 0.3) is 12.2 Å². The van der Waals surface area contributed by atoms with Crippen molar-refractivity contribution in [2.45, 2.75) is 71.9 Å². The molecule has 0 aliphatic heterocycles. The van der Waals surface area contributed by atoms with E-state index in [9.17, 15) is 24.3 Å². The lowest BCUT2D eigenvalue weighted by Crippen LogP contribution is -2.46. The van der Waals surface area contributed by atoms with Crippen LogP contribution >= 0.6 is 0 Å². The zero-order chi connectivity index (χ0) is 37.1. The molecule has 12 heteroatoms. The van der Waals surface area contributed by atoms with Crippen LogP contribution in [-0.4, -0.2) is 85.4 Å². The highest BCUT2D eigenvalue weighted by Gasteiger charge is 2.31. The highest BCUT2D eigenvalue weighted by molar-refractivity contribution is 6.16. The Morgan fingerprint density at radius 2 is 1.50 bits per heavy atom. The predicted octanol–water partition coefficient (Wildman–Crippen LogP) is 6.80. The number of nitrogens with zero attached hydrogens (tertiary/aromatic N) is 1. The molecule has 0 saturated heterocycles. The smallest absolute Gasteiger partial charge is 0.407 e. The molecule has 2 aromatic carbocycles. The number of alkyl carbamates (subject to hydrolysis) is 1. The number of Topliss-reactive ketones (excluding diaryl/α,β-unsaturated/α-hetero) is 1. The number of ketones is 2. The van der Waals surface area contributed by atoms with Gasteiger partial charge in [0.2, 0.25) is 0 Å². The molecule has 272 valence electrons. The molecule has 2 aromatic rings. The van der Waals surface area contributed by atoms with E-state index < -0.39 is 29.2 Å². The van der Waals surface area contributed by atoms with Crippen molar-refractivity contribution in [2.75, 3.05) is 40.5 Å². The molecule has 0 aromatic heterocycles. The van der Waals surface area contributed by atoms with E-state index in [1.807, 2.05) is 20.8 Å². The SMILES string of the molecule is COc1cc(/C=C2\CCCC(C(=O)/C=C/c3ccc(OCCN(C(=O)O)C(C)(C)C)c(OC)c3)C2=O)ccc1OCCNC(=O)OC(C)(C)C. The maximum absolute atomic E-state index is 13.4. The number of amides is 2. The van der Waals surface area contributed by atoms with Gasteiger partial charge in [0.15, 0.2) is 34.6 Å². The van der Waals surface area contributed by atoms with Crippen LogP contribution in [0.3, 0.4) is 0 Å². The van der Waals surface area contributed by atoms with E-state index in [1.165, 1.54) is 25.2 Å². The molecule has 0 radical (unpaired) electrons. The summed E-state index contributed by atoms with van der Waals surface area (Å²) in [6, 6.07) is 10.5.